The number of hydrogen-bond acceptors (Lipinski definition) is 2. The smallest absolute Gasteiger partial charge is 0.274 e. The molecule has 1 aromatic heterocycles. The first-order chi connectivity index (χ1) is 10.1. The maximum atomic E-state index is 13.7. The number of hydrogen-bond donors (Lipinski definition) is 1. The van der Waals surface area contributed by atoms with E-state index >= 15 is 0 Å². The predicted molar refractivity (Wildman–Crippen MR) is 85.4 cm³/mol. The molecule has 0 amide bonds. The standard InChI is InChI=1S/C16H10BrFN2O/c17-11-7-5-10(12(18)9-11)6-8-15-16(21)20-14-4-2-1-3-13(14)19-15/h1-9H,(H,20,21)/b8-6+. The summed E-state index contributed by atoms with van der Waals surface area (Å²) in [7, 11) is 0. The Bertz CT molecular complexity index is 902. The summed E-state index contributed by atoms with van der Waals surface area (Å²) in [5.74, 6) is -0.363. The van der Waals surface area contributed by atoms with E-state index in [0.29, 0.717) is 21.1 Å². The fourth-order valence-corrected chi connectivity index (χ4v) is 2.30. The van der Waals surface area contributed by atoms with Gasteiger partial charge in [0.15, 0.2) is 0 Å². The van der Waals surface area contributed by atoms with E-state index in [4.69, 9.17) is 0 Å². The highest BCUT2D eigenvalue weighted by Crippen LogP contribution is 2.17. The topological polar surface area (TPSA) is 45.8 Å². The van der Waals surface area contributed by atoms with Crippen molar-refractivity contribution in [3.63, 3.8) is 0 Å². The Labute approximate surface area is 128 Å². The number of aromatic amines is 1. The van der Waals surface area contributed by atoms with Crippen LogP contribution in [0.25, 0.3) is 23.2 Å². The van der Waals surface area contributed by atoms with Crippen molar-refractivity contribution in [2.45, 2.75) is 0 Å². The Morgan fingerprint density at radius 2 is 1.95 bits per heavy atom. The van der Waals surface area contributed by atoms with Gasteiger partial charge in [-0.1, -0.05) is 34.1 Å². The van der Waals surface area contributed by atoms with Gasteiger partial charge in [-0.05, 0) is 36.4 Å². The Kier molecular flexibility index (Phi) is 3.66. The number of nitrogens with zero attached hydrogens (tertiary/aromatic N) is 1. The minimum Gasteiger partial charge on any atom is -0.319 e. The third-order valence-corrected chi connectivity index (χ3v) is 3.50. The average Bonchev–Trinajstić information content (AvgIpc) is 2.46. The van der Waals surface area contributed by atoms with Gasteiger partial charge in [-0.15, -0.1) is 0 Å². The van der Waals surface area contributed by atoms with Gasteiger partial charge in [0, 0.05) is 10.0 Å². The van der Waals surface area contributed by atoms with Crippen molar-refractivity contribution in [2.24, 2.45) is 0 Å². The van der Waals surface area contributed by atoms with E-state index in [9.17, 15) is 9.18 Å². The third-order valence-electron chi connectivity index (χ3n) is 3.01. The highest BCUT2D eigenvalue weighted by Gasteiger charge is 2.03. The van der Waals surface area contributed by atoms with Crippen LogP contribution in [0.1, 0.15) is 11.3 Å². The molecular formula is C16H10BrFN2O. The summed E-state index contributed by atoms with van der Waals surface area (Å²) in [5, 5.41) is 0. The van der Waals surface area contributed by atoms with E-state index in [-0.39, 0.29) is 17.1 Å². The summed E-state index contributed by atoms with van der Waals surface area (Å²) in [6, 6.07) is 12.0. The molecule has 5 heteroatoms. The highest BCUT2D eigenvalue weighted by atomic mass is 79.9. The fraction of sp³-hybridized carbons (Fsp3) is 0. The SMILES string of the molecule is O=c1[nH]c2ccccc2nc1/C=C/c1ccc(Br)cc1F. The lowest BCUT2D eigenvalue weighted by Crippen LogP contribution is -2.11. The minimum atomic E-state index is -0.363. The normalized spacial score (nSPS) is 11.3. The molecule has 0 aliphatic carbocycles. The van der Waals surface area contributed by atoms with Gasteiger partial charge in [0.05, 0.1) is 11.0 Å². The first-order valence-corrected chi connectivity index (χ1v) is 7.05. The lowest BCUT2D eigenvalue weighted by molar-refractivity contribution is 0.624. The van der Waals surface area contributed by atoms with Crippen LogP contribution < -0.4 is 5.56 Å². The second-order valence-corrected chi connectivity index (χ2v) is 5.38. The van der Waals surface area contributed by atoms with Crippen LogP contribution in [0.15, 0.2) is 51.7 Å². The van der Waals surface area contributed by atoms with E-state index < -0.39 is 0 Å². The molecule has 0 unspecified atom stereocenters. The van der Waals surface area contributed by atoms with Gasteiger partial charge in [-0.2, -0.15) is 0 Å². The molecule has 3 rings (SSSR count). The predicted octanol–water partition coefficient (Wildman–Crippen LogP) is 4.00. The van der Waals surface area contributed by atoms with Crippen molar-refractivity contribution in [3.05, 3.63) is 74.4 Å². The van der Waals surface area contributed by atoms with Gasteiger partial charge in [0.1, 0.15) is 11.5 Å². The molecule has 0 aliphatic rings. The second-order valence-electron chi connectivity index (χ2n) is 4.47. The Balaban J connectivity index is 2.03. The molecule has 1 N–H and O–H groups in total. The molecule has 0 saturated heterocycles. The molecule has 0 radical (unpaired) electrons. The van der Waals surface area contributed by atoms with Crippen LogP contribution >= 0.6 is 15.9 Å². The molecule has 3 nitrogen and oxygen atoms in total. The third kappa shape index (κ3) is 2.92. The van der Waals surface area contributed by atoms with Gasteiger partial charge in [0.2, 0.25) is 0 Å². The maximum Gasteiger partial charge on any atom is 0.274 e. The highest BCUT2D eigenvalue weighted by molar-refractivity contribution is 9.10. The van der Waals surface area contributed by atoms with E-state index in [2.05, 4.69) is 25.9 Å². The second kappa shape index (κ2) is 5.61. The molecule has 21 heavy (non-hydrogen) atoms. The van der Waals surface area contributed by atoms with Crippen LogP contribution in [0, 0.1) is 5.82 Å². The largest absolute Gasteiger partial charge is 0.319 e. The minimum absolute atomic E-state index is 0.246. The molecule has 104 valence electrons. The van der Waals surface area contributed by atoms with Crippen LogP contribution in [0.4, 0.5) is 4.39 Å². The van der Waals surface area contributed by atoms with Gasteiger partial charge in [0.25, 0.3) is 5.56 Å². The first-order valence-electron chi connectivity index (χ1n) is 6.26. The number of fused-ring (bicyclic) bond motifs is 1. The number of halogens is 2. The van der Waals surface area contributed by atoms with Crippen LogP contribution in [0.5, 0.6) is 0 Å². The van der Waals surface area contributed by atoms with Crippen molar-refractivity contribution >= 4 is 39.1 Å². The van der Waals surface area contributed by atoms with Crippen LogP contribution in [0.2, 0.25) is 0 Å². The lowest BCUT2D eigenvalue weighted by Gasteiger charge is -1.99. The molecule has 0 saturated carbocycles. The molecule has 0 atom stereocenters. The number of nitrogens with one attached hydrogen (secondary N) is 1. The molecular weight excluding hydrogens is 335 g/mol. The number of benzene rings is 2. The van der Waals surface area contributed by atoms with E-state index in [0.717, 1.165) is 0 Å². The van der Waals surface area contributed by atoms with Gasteiger partial charge in [-0.3, -0.25) is 4.79 Å². The van der Waals surface area contributed by atoms with Gasteiger partial charge >= 0.3 is 0 Å². The zero-order valence-electron chi connectivity index (χ0n) is 10.8. The number of rotatable bonds is 2. The molecule has 0 fully saturated rings. The fourth-order valence-electron chi connectivity index (χ4n) is 1.96. The Morgan fingerprint density at radius 3 is 2.76 bits per heavy atom. The maximum absolute atomic E-state index is 13.7. The summed E-state index contributed by atoms with van der Waals surface area (Å²) in [4.78, 5) is 18.9. The number of aromatic nitrogens is 2. The van der Waals surface area contributed by atoms with Crippen molar-refractivity contribution < 1.29 is 4.39 Å². The van der Waals surface area contributed by atoms with E-state index in [1.807, 2.05) is 18.2 Å². The van der Waals surface area contributed by atoms with Crippen LogP contribution in [-0.2, 0) is 0 Å². The molecule has 1 heterocycles. The zero-order chi connectivity index (χ0) is 14.8. The number of H-pyrrole nitrogens is 1. The zero-order valence-corrected chi connectivity index (χ0v) is 12.4. The van der Waals surface area contributed by atoms with Gasteiger partial charge < -0.3 is 4.98 Å². The van der Waals surface area contributed by atoms with Crippen molar-refractivity contribution in [1.82, 2.24) is 9.97 Å². The summed E-state index contributed by atoms with van der Waals surface area (Å²) in [5.41, 5.74) is 1.70. The van der Waals surface area contributed by atoms with E-state index in [1.54, 1.807) is 18.2 Å². The first kappa shape index (κ1) is 13.7. The number of para-hydroxylation sites is 2. The Morgan fingerprint density at radius 1 is 1.14 bits per heavy atom. The summed E-state index contributed by atoms with van der Waals surface area (Å²) in [6.45, 7) is 0. The Hall–Kier alpha value is -2.27. The lowest BCUT2D eigenvalue weighted by atomic mass is 10.2. The molecule has 3 aromatic rings. The quantitative estimate of drug-likeness (QED) is 0.763. The molecule has 0 spiro atoms. The monoisotopic (exact) mass is 344 g/mol. The molecule has 0 aliphatic heterocycles. The van der Waals surface area contributed by atoms with Gasteiger partial charge in [-0.25, -0.2) is 9.37 Å². The van der Waals surface area contributed by atoms with Crippen LogP contribution in [0.3, 0.4) is 0 Å². The van der Waals surface area contributed by atoms with Crippen molar-refractivity contribution in [3.8, 4) is 0 Å². The van der Waals surface area contributed by atoms with Crippen molar-refractivity contribution in [1.29, 1.82) is 0 Å². The molecule has 2 aromatic carbocycles. The summed E-state index contributed by atoms with van der Waals surface area (Å²) in [6.07, 6.45) is 3.05. The van der Waals surface area contributed by atoms with E-state index in [1.165, 1.54) is 18.2 Å². The average molecular weight is 345 g/mol. The van der Waals surface area contributed by atoms with Crippen molar-refractivity contribution in [2.75, 3.05) is 0 Å². The molecule has 0 bridgehead atoms. The summed E-state index contributed by atoms with van der Waals surface area (Å²) < 4.78 is 14.4. The summed E-state index contributed by atoms with van der Waals surface area (Å²) >= 11 is 3.20. The van der Waals surface area contributed by atoms with Crippen LogP contribution in [-0.4, -0.2) is 9.97 Å².